The van der Waals surface area contributed by atoms with Gasteiger partial charge in [0.1, 0.15) is 16.9 Å². The van der Waals surface area contributed by atoms with Crippen LogP contribution in [0.25, 0.3) is 0 Å². The molecule has 26 heavy (non-hydrogen) atoms. The predicted octanol–water partition coefficient (Wildman–Crippen LogP) is 3.38. The molecule has 0 spiro atoms. The van der Waals surface area contributed by atoms with Crippen molar-refractivity contribution in [3.8, 4) is 0 Å². The van der Waals surface area contributed by atoms with Crippen LogP contribution in [0.2, 0.25) is 0 Å². The van der Waals surface area contributed by atoms with E-state index in [9.17, 15) is 4.39 Å². The van der Waals surface area contributed by atoms with Gasteiger partial charge in [0, 0.05) is 24.7 Å². The summed E-state index contributed by atoms with van der Waals surface area (Å²) in [5.41, 5.74) is 0.978. The van der Waals surface area contributed by atoms with Crippen LogP contribution >= 0.6 is 11.3 Å². The lowest BCUT2D eigenvalue weighted by Gasteiger charge is -2.38. The molecule has 140 valence electrons. The zero-order chi connectivity index (χ0) is 18.5. The summed E-state index contributed by atoms with van der Waals surface area (Å²) in [6.07, 6.45) is 2.90. The second kappa shape index (κ2) is 8.60. The zero-order valence-electron chi connectivity index (χ0n) is 15.4. The summed E-state index contributed by atoms with van der Waals surface area (Å²) >= 11 is 1.72. The molecule has 1 fully saturated rings. The third-order valence-corrected chi connectivity index (χ3v) is 5.50. The van der Waals surface area contributed by atoms with E-state index in [-0.39, 0.29) is 18.0 Å². The monoisotopic (exact) mass is 376 g/mol. The maximum absolute atomic E-state index is 13.2. The van der Waals surface area contributed by atoms with Gasteiger partial charge in [0.15, 0.2) is 5.96 Å². The highest BCUT2D eigenvalue weighted by Gasteiger charge is 2.28. The molecule has 0 aliphatic carbocycles. The number of rotatable bonds is 4. The van der Waals surface area contributed by atoms with Crippen molar-refractivity contribution in [3.63, 3.8) is 0 Å². The standard InChI is InChI=1S/C19H25FN4OS/c1-4-16-9-22-18(26-16)10-23-19(21-3)24-11-13(2)25-17(12-24)14-5-7-15(20)8-6-14/h5-9,13,17H,4,10-12H2,1-3H3,(H,21,23). The summed E-state index contributed by atoms with van der Waals surface area (Å²) < 4.78 is 19.3. The molecule has 0 amide bonds. The number of thiazole rings is 1. The van der Waals surface area contributed by atoms with Crippen molar-refractivity contribution >= 4 is 17.3 Å². The average Bonchev–Trinajstić information content (AvgIpc) is 3.10. The van der Waals surface area contributed by atoms with E-state index in [0.717, 1.165) is 29.5 Å². The van der Waals surface area contributed by atoms with Gasteiger partial charge in [-0.3, -0.25) is 4.99 Å². The molecule has 1 N–H and O–H groups in total. The van der Waals surface area contributed by atoms with Crippen LogP contribution in [0.5, 0.6) is 0 Å². The minimum absolute atomic E-state index is 0.0592. The Hall–Kier alpha value is -1.99. The molecular weight excluding hydrogens is 351 g/mol. The first-order valence-corrected chi connectivity index (χ1v) is 9.70. The molecule has 5 nitrogen and oxygen atoms in total. The quantitative estimate of drug-likeness (QED) is 0.656. The molecule has 1 aliphatic heterocycles. The lowest BCUT2D eigenvalue weighted by Crippen LogP contribution is -2.50. The van der Waals surface area contributed by atoms with Gasteiger partial charge in [-0.2, -0.15) is 0 Å². The van der Waals surface area contributed by atoms with Crippen molar-refractivity contribution in [1.29, 1.82) is 0 Å². The zero-order valence-corrected chi connectivity index (χ0v) is 16.2. The number of guanidine groups is 1. The van der Waals surface area contributed by atoms with Gasteiger partial charge in [-0.05, 0) is 31.0 Å². The van der Waals surface area contributed by atoms with E-state index in [1.807, 2.05) is 13.1 Å². The van der Waals surface area contributed by atoms with Gasteiger partial charge in [0.2, 0.25) is 0 Å². The van der Waals surface area contributed by atoms with E-state index in [0.29, 0.717) is 13.1 Å². The Morgan fingerprint density at radius 2 is 2.15 bits per heavy atom. The number of nitrogens with one attached hydrogen (secondary N) is 1. The van der Waals surface area contributed by atoms with Crippen molar-refractivity contribution in [3.05, 3.63) is 51.7 Å². The molecule has 2 atom stereocenters. The smallest absolute Gasteiger partial charge is 0.194 e. The first-order valence-electron chi connectivity index (χ1n) is 8.89. The van der Waals surface area contributed by atoms with Crippen LogP contribution in [0.3, 0.4) is 0 Å². The number of benzene rings is 1. The maximum Gasteiger partial charge on any atom is 0.194 e. The SMILES string of the molecule is CCc1cnc(CNC(=NC)N2CC(C)OC(c3ccc(F)cc3)C2)s1. The van der Waals surface area contributed by atoms with E-state index >= 15 is 0 Å². The number of hydrogen-bond donors (Lipinski definition) is 1. The molecule has 7 heteroatoms. The van der Waals surface area contributed by atoms with Crippen molar-refractivity contribution in [2.75, 3.05) is 20.1 Å². The Morgan fingerprint density at radius 3 is 2.81 bits per heavy atom. The number of morpholine rings is 1. The molecule has 1 aromatic heterocycles. The van der Waals surface area contributed by atoms with E-state index in [4.69, 9.17) is 4.74 Å². The fourth-order valence-corrected chi connectivity index (χ4v) is 3.87. The van der Waals surface area contributed by atoms with Crippen molar-refractivity contribution < 1.29 is 9.13 Å². The molecule has 1 saturated heterocycles. The van der Waals surface area contributed by atoms with E-state index in [2.05, 4.69) is 27.1 Å². The number of ether oxygens (including phenoxy) is 1. The van der Waals surface area contributed by atoms with Gasteiger partial charge >= 0.3 is 0 Å². The summed E-state index contributed by atoms with van der Waals surface area (Å²) in [6.45, 7) is 6.27. The van der Waals surface area contributed by atoms with Crippen LogP contribution in [0.4, 0.5) is 4.39 Å². The molecule has 2 unspecified atom stereocenters. The largest absolute Gasteiger partial charge is 0.367 e. The second-order valence-corrected chi connectivity index (χ2v) is 7.57. The third-order valence-electron chi connectivity index (χ3n) is 4.36. The molecule has 0 saturated carbocycles. The Kier molecular flexibility index (Phi) is 6.21. The summed E-state index contributed by atoms with van der Waals surface area (Å²) in [5, 5.41) is 4.46. The number of halogens is 1. The van der Waals surface area contributed by atoms with E-state index in [1.54, 1.807) is 30.5 Å². The minimum atomic E-state index is -0.234. The van der Waals surface area contributed by atoms with Gasteiger partial charge < -0.3 is 15.0 Å². The van der Waals surface area contributed by atoms with Gasteiger partial charge in [0.05, 0.1) is 19.2 Å². The topological polar surface area (TPSA) is 49.8 Å². The van der Waals surface area contributed by atoms with Crippen molar-refractivity contribution in [2.45, 2.75) is 39.0 Å². The molecule has 1 aliphatic rings. The molecular formula is C19H25FN4OS. The van der Waals surface area contributed by atoms with Crippen LogP contribution in [0.1, 0.15) is 35.4 Å². The Balaban J connectivity index is 1.66. The first kappa shape index (κ1) is 18.8. The van der Waals surface area contributed by atoms with Gasteiger partial charge in [0.25, 0.3) is 0 Å². The molecule has 2 aromatic rings. The average molecular weight is 377 g/mol. The second-order valence-electron chi connectivity index (χ2n) is 6.37. The predicted molar refractivity (Wildman–Crippen MR) is 103 cm³/mol. The third kappa shape index (κ3) is 4.59. The molecule has 3 rings (SSSR count). The van der Waals surface area contributed by atoms with Crippen LogP contribution in [-0.2, 0) is 17.7 Å². The summed E-state index contributed by atoms with van der Waals surface area (Å²) in [7, 11) is 1.79. The molecule has 0 radical (unpaired) electrons. The summed E-state index contributed by atoms with van der Waals surface area (Å²) in [4.78, 5) is 12.3. The lowest BCUT2D eigenvalue weighted by molar-refractivity contribution is -0.0605. The van der Waals surface area contributed by atoms with Crippen LogP contribution < -0.4 is 5.32 Å². The molecule has 0 bridgehead atoms. The number of aliphatic imine (C=N–C) groups is 1. The van der Waals surface area contributed by atoms with Crippen LogP contribution in [0.15, 0.2) is 35.5 Å². The molecule has 2 heterocycles. The van der Waals surface area contributed by atoms with Crippen molar-refractivity contribution in [2.24, 2.45) is 4.99 Å². The van der Waals surface area contributed by atoms with Crippen molar-refractivity contribution in [1.82, 2.24) is 15.2 Å². The summed E-state index contributed by atoms with van der Waals surface area (Å²) in [5.74, 6) is 0.599. The van der Waals surface area contributed by atoms with Gasteiger partial charge in [-0.15, -0.1) is 11.3 Å². The number of nitrogens with zero attached hydrogens (tertiary/aromatic N) is 3. The summed E-state index contributed by atoms with van der Waals surface area (Å²) in [6, 6.07) is 6.52. The van der Waals surface area contributed by atoms with E-state index in [1.165, 1.54) is 17.0 Å². The van der Waals surface area contributed by atoms with E-state index < -0.39 is 0 Å². The fourth-order valence-electron chi connectivity index (χ4n) is 3.07. The van der Waals surface area contributed by atoms with Gasteiger partial charge in [-0.25, -0.2) is 9.37 Å². The first-order chi connectivity index (χ1) is 12.6. The Morgan fingerprint density at radius 1 is 1.38 bits per heavy atom. The number of aryl methyl sites for hydroxylation is 1. The maximum atomic E-state index is 13.2. The highest BCUT2D eigenvalue weighted by Crippen LogP contribution is 2.25. The highest BCUT2D eigenvalue weighted by molar-refractivity contribution is 7.11. The van der Waals surface area contributed by atoms with Crippen LogP contribution in [0, 0.1) is 5.82 Å². The normalized spacial score (nSPS) is 21.1. The van der Waals surface area contributed by atoms with Gasteiger partial charge in [-0.1, -0.05) is 19.1 Å². The Bertz CT molecular complexity index is 746. The highest BCUT2D eigenvalue weighted by atomic mass is 32.1. The molecule has 1 aromatic carbocycles. The minimum Gasteiger partial charge on any atom is -0.367 e. The lowest BCUT2D eigenvalue weighted by atomic mass is 10.1. The number of aromatic nitrogens is 1. The Labute approximate surface area is 157 Å². The fraction of sp³-hybridized carbons (Fsp3) is 0.474. The van der Waals surface area contributed by atoms with Crippen LogP contribution in [-0.4, -0.2) is 42.1 Å². The number of hydrogen-bond acceptors (Lipinski definition) is 4.